The first-order valence-corrected chi connectivity index (χ1v) is 27.2. The summed E-state index contributed by atoms with van der Waals surface area (Å²) in [6.45, 7) is 5.60. The van der Waals surface area contributed by atoms with Gasteiger partial charge >= 0.3 is 5.69 Å². The minimum Gasteiger partial charge on any atom is -0.455 e. The number of nitrogens with zero attached hydrogens (tertiary/aromatic N) is 6. The van der Waals surface area contributed by atoms with Gasteiger partial charge in [0.1, 0.15) is 22.1 Å². The van der Waals surface area contributed by atoms with Crippen molar-refractivity contribution in [1.82, 2.24) is 29.5 Å². The number of aromatic nitrogens is 3. The number of hydrogen-bond donors (Lipinski definition) is 3. The molecule has 0 radical (unpaired) electrons. The molecule has 1 aromatic carbocycles. The van der Waals surface area contributed by atoms with E-state index in [4.69, 9.17) is 4.74 Å². The molecule has 3 N–H and O–H groups in total. The van der Waals surface area contributed by atoms with Gasteiger partial charge in [0.15, 0.2) is 0 Å². The van der Waals surface area contributed by atoms with Gasteiger partial charge in [-0.3, -0.25) is 28.9 Å². The van der Waals surface area contributed by atoms with Crippen molar-refractivity contribution in [3.8, 4) is 5.75 Å². The summed E-state index contributed by atoms with van der Waals surface area (Å²) < 4.78 is 52.6. The average molecular weight is 940 g/mol. The Morgan fingerprint density at radius 1 is 1.02 bits per heavy atom. The first-order valence-electron chi connectivity index (χ1n) is 23.4. The second-order valence-corrected chi connectivity index (χ2v) is 23.5. The number of carbonyl (C=O) groups is 1. The summed E-state index contributed by atoms with van der Waals surface area (Å²) in [5.41, 5.74) is 3.47. The van der Waals surface area contributed by atoms with Gasteiger partial charge in [0.2, 0.25) is 5.82 Å². The molecule has 18 heteroatoms. The lowest BCUT2D eigenvalue weighted by molar-refractivity contribution is -0.384. The number of hydrogen-bond acceptors (Lipinski definition) is 13. The summed E-state index contributed by atoms with van der Waals surface area (Å²) in [5.74, 6) is -0.220. The van der Waals surface area contributed by atoms with Crippen molar-refractivity contribution in [3.63, 3.8) is 0 Å². The summed E-state index contributed by atoms with van der Waals surface area (Å²) in [6.07, 6.45) is 22.9. The van der Waals surface area contributed by atoms with Gasteiger partial charge < -0.3 is 15.0 Å². The second kappa shape index (κ2) is 18.8. The average Bonchev–Trinajstić information content (AvgIpc) is 3.97. The highest BCUT2D eigenvalue weighted by molar-refractivity contribution is 7.92. The summed E-state index contributed by atoms with van der Waals surface area (Å²) in [7, 11) is -6.82. The van der Waals surface area contributed by atoms with Crippen molar-refractivity contribution in [2.75, 3.05) is 44.0 Å². The van der Waals surface area contributed by atoms with Gasteiger partial charge in [0, 0.05) is 64.6 Å². The van der Waals surface area contributed by atoms with Crippen LogP contribution in [0.3, 0.4) is 0 Å². The van der Waals surface area contributed by atoms with Gasteiger partial charge in [-0.05, 0) is 137 Å². The highest BCUT2D eigenvalue weighted by atomic mass is 32.2. The maximum absolute atomic E-state index is 14.0. The molecule has 16 nitrogen and oxygen atoms in total. The van der Waals surface area contributed by atoms with Crippen LogP contribution in [0.5, 0.6) is 5.75 Å². The van der Waals surface area contributed by atoms with E-state index in [9.17, 15) is 27.5 Å². The van der Waals surface area contributed by atoms with E-state index in [1.54, 1.807) is 37.0 Å². The van der Waals surface area contributed by atoms with E-state index in [-0.39, 0.29) is 35.2 Å². The van der Waals surface area contributed by atoms with Gasteiger partial charge in [-0.15, -0.1) is 0 Å². The Morgan fingerprint density at radius 2 is 1.79 bits per heavy atom. The van der Waals surface area contributed by atoms with E-state index in [1.807, 2.05) is 12.1 Å². The van der Waals surface area contributed by atoms with Crippen LogP contribution in [0.4, 0.5) is 11.5 Å². The first-order chi connectivity index (χ1) is 31.7. The smallest absolute Gasteiger partial charge is 0.312 e. The van der Waals surface area contributed by atoms with Gasteiger partial charge in [-0.25, -0.2) is 27.5 Å². The van der Waals surface area contributed by atoms with Gasteiger partial charge in [0.05, 0.1) is 28.9 Å². The second-order valence-electron chi connectivity index (χ2n) is 19.3. The lowest BCUT2D eigenvalue weighted by atomic mass is 9.59. The van der Waals surface area contributed by atoms with E-state index in [0.29, 0.717) is 41.9 Å². The Bertz CT molecular complexity index is 2770. The molecule has 1 amide bonds. The Morgan fingerprint density at radius 3 is 2.53 bits per heavy atom. The molecule has 66 heavy (non-hydrogen) atoms. The fraction of sp³-hybridized carbons (Fsp3) is 0.521. The number of carbonyl (C=O) groups excluding carboxylic acids is 1. The van der Waals surface area contributed by atoms with Crippen molar-refractivity contribution < 1.29 is 27.1 Å². The minimum absolute atomic E-state index is 0.0254. The molecule has 5 aliphatic rings. The molecule has 5 heterocycles. The number of aryl methyl sites for hydroxylation is 1. The lowest BCUT2D eigenvalue weighted by Crippen LogP contribution is -2.56. The Hall–Kier alpha value is -5.17. The Labute approximate surface area is 387 Å². The highest BCUT2D eigenvalue weighted by Crippen LogP contribution is 2.54. The number of nitrogens with one attached hydrogen (secondary N) is 3. The molecule has 9 rings (SSSR count). The number of piperidine rings is 1. The van der Waals surface area contributed by atoms with Crippen molar-refractivity contribution >= 4 is 48.2 Å². The molecule has 3 aromatic heterocycles. The number of anilines is 1. The summed E-state index contributed by atoms with van der Waals surface area (Å²) in [6, 6.07) is 14.6. The summed E-state index contributed by atoms with van der Waals surface area (Å²) in [5, 5.41) is 16.0. The number of pyridine rings is 2. The summed E-state index contributed by atoms with van der Waals surface area (Å²) >= 11 is 0. The van der Waals surface area contributed by atoms with E-state index in [0.717, 1.165) is 82.2 Å². The number of likely N-dealkylation sites (tertiary alicyclic amines) is 2. The van der Waals surface area contributed by atoms with Crippen molar-refractivity contribution in [1.29, 1.82) is 0 Å². The van der Waals surface area contributed by atoms with Crippen LogP contribution < -0.4 is 14.8 Å². The fourth-order valence-corrected chi connectivity index (χ4v) is 13.0. The maximum atomic E-state index is 14.0. The third-order valence-electron chi connectivity index (χ3n) is 14.6. The number of sulfonamides is 1. The molecule has 1 unspecified atom stereocenters. The van der Waals surface area contributed by atoms with Crippen LogP contribution in [0, 0.1) is 21.4 Å². The topological polar surface area (TPSA) is 205 Å². The highest BCUT2D eigenvalue weighted by Gasteiger charge is 2.50. The van der Waals surface area contributed by atoms with E-state index >= 15 is 0 Å². The number of aromatic amines is 1. The predicted octanol–water partition coefficient (Wildman–Crippen LogP) is 7.68. The molecule has 1 spiro atoms. The van der Waals surface area contributed by atoms with Crippen LogP contribution >= 0.6 is 0 Å². The molecule has 352 valence electrons. The van der Waals surface area contributed by atoms with Crippen LogP contribution in [-0.4, -0.2) is 105 Å². The van der Waals surface area contributed by atoms with Crippen LogP contribution in [0.25, 0.3) is 11.0 Å². The van der Waals surface area contributed by atoms with Gasteiger partial charge in [-0.1, -0.05) is 37.3 Å². The zero-order chi connectivity index (χ0) is 46.2. The molecule has 4 fully saturated rings. The number of benzene rings is 1. The molecule has 4 aromatic rings. The third kappa shape index (κ3) is 10.1. The molecule has 2 atom stereocenters. The lowest BCUT2D eigenvalue weighted by Gasteiger charge is -2.56. The molecular weight excluding hydrogens is 879 g/mol. The number of amides is 1. The molecule has 2 aliphatic heterocycles. The third-order valence-corrected chi connectivity index (χ3v) is 16.7. The Balaban J connectivity index is 0.859. The van der Waals surface area contributed by atoms with Gasteiger partial charge in [0.25, 0.3) is 15.9 Å². The van der Waals surface area contributed by atoms with Crippen molar-refractivity contribution in [2.24, 2.45) is 15.7 Å². The number of H-pyrrole nitrogens is 1. The largest absolute Gasteiger partial charge is 0.455 e. The standard InChI is InChI=1S/C48H61N9O7S2/c1-4-33-8-5-6-9-40(33)42-10-7-21-56(42)37-27-48(28-37)18-22-55(23-19-48)36-15-16-41(44(25-36)64-38-24-34-17-20-49-45(34)51-30-38)47(58)54-66(62,63)39-26-43(57(59)60)46(52-31-39)50-29-32-11-13-35(14-12-32)53-65(2,3)61/h5-6,8-9,16-17,20,24-26,30-32,35-37,42H,4,7,10-15,18-19,21-23,27-29H2,1-3H3,(H,49,51)(H,50,52)(H,54,58)/t32?,35?,36?,42-/m0/s1. The van der Waals surface area contributed by atoms with Crippen molar-refractivity contribution in [3.05, 3.63) is 106 Å². The zero-order valence-electron chi connectivity index (χ0n) is 38.0. The van der Waals surface area contributed by atoms with Crippen LogP contribution in [0.15, 0.2) is 93.8 Å². The van der Waals surface area contributed by atoms with Crippen LogP contribution in [0.2, 0.25) is 0 Å². The van der Waals surface area contributed by atoms with Crippen LogP contribution in [-0.2, 0) is 31.0 Å². The van der Waals surface area contributed by atoms with Gasteiger partial charge in [-0.2, -0.15) is 0 Å². The van der Waals surface area contributed by atoms with Crippen LogP contribution in [0.1, 0.15) is 94.7 Å². The number of ether oxygens (including phenoxy) is 1. The quantitative estimate of drug-likeness (QED) is 0.0823. The summed E-state index contributed by atoms with van der Waals surface area (Å²) in [4.78, 5) is 41.9. The number of rotatable bonds is 14. The number of nitro groups is 1. The normalized spacial score (nSPS) is 24.0. The zero-order valence-corrected chi connectivity index (χ0v) is 39.6. The molecular formula is C48H61N9O7S2. The SMILES string of the molecule is CCc1ccccc1[C@@H]1CCCN1C1CC2(CCN(C3C=C(Oc4cnc5[nH]ccc5c4)C(C(=O)NS(=O)(=O)c4cnc(NCC5CCC(N=S(C)(C)=O)CC5)c([N+](=O)[O-])c4)=CC3)CC2)C1. The first kappa shape index (κ1) is 46.0. The van der Waals surface area contributed by atoms with Crippen molar-refractivity contribution in [2.45, 2.75) is 113 Å². The molecule has 3 aliphatic carbocycles. The fourth-order valence-electron chi connectivity index (χ4n) is 11.1. The number of fused-ring (bicyclic) bond motifs is 1. The predicted molar refractivity (Wildman–Crippen MR) is 255 cm³/mol. The van der Waals surface area contributed by atoms with E-state index in [1.165, 1.54) is 36.8 Å². The Kier molecular flexibility index (Phi) is 13.1. The van der Waals surface area contributed by atoms with E-state index in [2.05, 4.69) is 70.3 Å². The van der Waals surface area contributed by atoms with E-state index < -0.39 is 41.2 Å². The minimum atomic E-state index is -4.62. The molecule has 0 bridgehead atoms. The maximum Gasteiger partial charge on any atom is 0.312 e. The monoisotopic (exact) mass is 939 g/mol. The molecule has 2 saturated heterocycles. The molecule has 2 saturated carbocycles.